The average molecular weight is 285 g/mol. The van der Waals surface area contributed by atoms with E-state index in [0.717, 1.165) is 29.6 Å². The van der Waals surface area contributed by atoms with Crippen LogP contribution in [0, 0.1) is 29.6 Å². The molecule has 0 aliphatic heterocycles. The lowest BCUT2D eigenvalue weighted by Crippen LogP contribution is -2.40. The van der Waals surface area contributed by atoms with Gasteiger partial charge in [-0.05, 0) is 36.0 Å². The Morgan fingerprint density at radius 2 is 1.35 bits per heavy atom. The summed E-state index contributed by atoms with van der Waals surface area (Å²) in [6.07, 6.45) is 5.64. The quantitative estimate of drug-likeness (QED) is 0.456. The normalized spacial score (nSPS) is 24.8. The Bertz CT molecular complexity index is 161. The van der Waals surface area contributed by atoms with Crippen molar-refractivity contribution < 1.29 is 0 Å². The molecule has 0 aromatic rings. The maximum Gasteiger partial charge on any atom is -0.0352 e. The van der Waals surface area contributed by atoms with Crippen molar-refractivity contribution in [2.24, 2.45) is 29.6 Å². The molecule has 0 spiro atoms. The van der Waals surface area contributed by atoms with E-state index in [1.807, 2.05) is 27.7 Å². The van der Waals surface area contributed by atoms with Crippen LogP contribution in [-0.4, -0.2) is 0 Å². The van der Waals surface area contributed by atoms with Crippen LogP contribution in [0.3, 0.4) is 0 Å². The van der Waals surface area contributed by atoms with Gasteiger partial charge in [0.25, 0.3) is 0 Å². The highest BCUT2D eigenvalue weighted by Gasteiger charge is 2.41. The van der Waals surface area contributed by atoms with Gasteiger partial charge in [0.15, 0.2) is 0 Å². The van der Waals surface area contributed by atoms with Gasteiger partial charge in [0.2, 0.25) is 0 Å². The van der Waals surface area contributed by atoms with Crippen LogP contribution in [0.2, 0.25) is 0 Å². The predicted octanol–water partition coefficient (Wildman–Crippen LogP) is 7.60. The van der Waals surface area contributed by atoms with E-state index in [1.54, 1.807) is 0 Å². The zero-order valence-corrected chi connectivity index (χ0v) is 16.1. The molecule has 1 aliphatic rings. The summed E-state index contributed by atoms with van der Waals surface area (Å²) in [4.78, 5) is 0. The van der Waals surface area contributed by atoms with E-state index in [2.05, 4.69) is 47.8 Å². The number of rotatable bonds is 5. The lowest BCUT2D eigenvalue weighted by atomic mass is 9.57. The van der Waals surface area contributed by atoms with Gasteiger partial charge in [0, 0.05) is 0 Å². The molecule has 124 valence electrons. The molecule has 0 N–H and O–H groups in total. The minimum absolute atomic E-state index is 0.964. The Labute approximate surface area is 131 Å². The molecule has 0 radical (unpaired) electrons. The molecule has 0 bridgehead atoms. The zero-order chi connectivity index (χ0) is 16.7. The summed E-state index contributed by atoms with van der Waals surface area (Å²) < 4.78 is 0. The fourth-order valence-electron chi connectivity index (χ4n) is 3.70. The molecule has 4 atom stereocenters. The van der Waals surface area contributed by atoms with Crippen molar-refractivity contribution in [1.82, 2.24) is 0 Å². The fraction of sp³-hybridized carbons (Fsp3) is 0.900. The first-order valence-electron chi connectivity index (χ1n) is 9.15. The summed E-state index contributed by atoms with van der Waals surface area (Å²) in [7, 11) is 0. The smallest absolute Gasteiger partial charge is 0.0352 e. The summed E-state index contributed by atoms with van der Waals surface area (Å²) in [6, 6.07) is 0. The monoisotopic (exact) mass is 284 g/mol. The van der Waals surface area contributed by atoms with E-state index >= 15 is 0 Å². The van der Waals surface area contributed by atoms with Gasteiger partial charge in [-0.15, -0.1) is 13.2 Å². The molecule has 0 amide bonds. The van der Waals surface area contributed by atoms with Crippen LogP contribution in [0.25, 0.3) is 0 Å². The van der Waals surface area contributed by atoms with Crippen LogP contribution >= 0.6 is 0 Å². The van der Waals surface area contributed by atoms with Crippen molar-refractivity contribution >= 4 is 0 Å². The Morgan fingerprint density at radius 3 is 1.60 bits per heavy atom. The van der Waals surface area contributed by atoms with Crippen molar-refractivity contribution in [2.45, 2.75) is 88.0 Å². The Hall–Kier alpha value is -0.260. The van der Waals surface area contributed by atoms with Crippen molar-refractivity contribution in [3.63, 3.8) is 0 Å². The predicted molar refractivity (Wildman–Crippen MR) is 98.2 cm³/mol. The Morgan fingerprint density at radius 1 is 0.950 bits per heavy atom. The second-order valence-electron chi connectivity index (χ2n) is 5.38. The Kier molecular flexibility index (Phi) is 20.8. The van der Waals surface area contributed by atoms with Crippen LogP contribution in [0.1, 0.15) is 88.0 Å². The van der Waals surface area contributed by atoms with E-state index in [4.69, 9.17) is 0 Å². The second kappa shape index (κ2) is 16.8. The van der Waals surface area contributed by atoms with Gasteiger partial charge in [-0.1, -0.05) is 81.6 Å². The Balaban J connectivity index is -0.000000425. The third-order valence-corrected chi connectivity index (χ3v) is 4.86. The van der Waals surface area contributed by atoms with Crippen molar-refractivity contribution in [2.75, 3.05) is 0 Å². The average Bonchev–Trinajstić information content (AvgIpc) is 2.52. The van der Waals surface area contributed by atoms with Crippen LogP contribution in [-0.2, 0) is 0 Å². The van der Waals surface area contributed by atoms with Crippen LogP contribution in [0.4, 0.5) is 0 Å². The summed E-state index contributed by atoms with van der Waals surface area (Å²) in [6.45, 7) is 26.0. The molecule has 4 unspecified atom stereocenters. The SMILES string of the molecule is C=C.CC.CC.CCC(CC)C(C)C1CC(C)C1CC. The molecule has 0 saturated heterocycles. The van der Waals surface area contributed by atoms with Gasteiger partial charge in [-0.25, -0.2) is 0 Å². The minimum Gasteiger partial charge on any atom is -0.106 e. The summed E-state index contributed by atoms with van der Waals surface area (Å²) in [5.41, 5.74) is 0. The lowest BCUT2D eigenvalue weighted by molar-refractivity contribution is 0.0125. The van der Waals surface area contributed by atoms with Gasteiger partial charge in [0.05, 0.1) is 0 Å². The second-order valence-corrected chi connectivity index (χ2v) is 5.38. The largest absolute Gasteiger partial charge is 0.106 e. The van der Waals surface area contributed by atoms with Gasteiger partial charge >= 0.3 is 0 Å². The maximum atomic E-state index is 3.00. The number of hydrogen-bond donors (Lipinski definition) is 0. The van der Waals surface area contributed by atoms with Crippen LogP contribution < -0.4 is 0 Å². The summed E-state index contributed by atoms with van der Waals surface area (Å²) in [5.74, 6) is 5.01. The van der Waals surface area contributed by atoms with E-state index in [9.17, 15) is 0 Å². The minimum atomic E-state index is 0.964. The third kappa shape index (κ3) is 7.50. The molecule has 1 saturated carbocycles. The molecule has 1 aliphatic carbocycles. The molecule has 0 aromatic carbocycles. The fourth-order valence-corrected chi connectivity index (χ4v) is 3.70. The molecular formula is C20H44. The molecule has 0 nitrogen and oxygen atoms in total. The maximum absolute atomic E-state index is 3.00. The first kappa shape index (κ1) is 24.7. The van der Waals surface area contributed by atoms with Gasteiger partial charge in [-0.3, -0.25) is 0 Å². The van der Waals surface area contributed by atoms with E-state index in [-0.39, 0.29) is 0 Å². The lowest BCUT2D eigenvalue weighted by Gasteiger charge is -2.48. The van der Waals surface area contributed by atoms with Crippen LogP contribution in [0.5, 0.6) is 0 Å². The first-order valence-corrected chi connectivity index (χ1v) is 9.15. The topological polar surface area (TPSA) is 0 Å². The summed E-state index contributed by atoms with van der Waals surface area (Å²) >= 11 is 0. The highest BCUT2D eigenvalue weighted by Crippen LogP contribution is 2.49. The molecular weight excluding hydrogens is 240 g/mol. The highest BCUT2D eigenvalue weighted by molar-refractivity contribution is 4.90. The molecule has 0 heterocycles. The van der Waals surface area contributed by atoms with E-state index in [0.29, 0.717) is 0 Å². The van der Waals surface area contributed by atoms with Gasteiger partial charge in [0.1, 0.15) is 0 Å². The van der Waals surface area contributed by atoms with E-state index in [1.165, 1.54) is 25.7 Å². The van der Waals surface area contributed by atoms with Crippen LogP contribution in [0.15, 0.2) is 13.2 Å². The summed E-state index contributed by atoms with van der Waals surface area (Å²) in [5, 5.41) is 0. The first-order chi connectivity index (χ1) is 9.65. The van der Waals surface area contributed by atoms with Crippen molar-refractivity contribution in [1.29, 1.82) is 0 Å². The third-order valence-electron chi connectivity index (χ3n) is 4.86. The molecule has 0 heteroatoms. The van der Waals surface area contributed by atoms with Gasteiger partial charge < -0.3 is 0 Å². The van der Waals surface area contributed by atoms with Crippen molar-refractivity contribution in [3.05, 3.63) is 13.2 Å². The van der Waals surface area contributed by atoms with E-state index < -0.39 is 0 Å². The highest BCUT2D eigenvalue weighted by atomic mass is 14.5. The van der Waals surface area contributed by atoms with Gasteiger partial charge in [-0.2, -0.15) is 0 Å². The molecule has 1 rings (SSSR count). The molecule has 1 fully saturated rings. The molecule has 20 heavy (non-hydrogen) atoms. The number of hydrogen-bond acceptors (Lipinski definition) is 0. The standard InChI is InChI=1S/C14H28.2C2H6.C2H4/c1-6-12(7-2)11(5)14-9-10(4)13(14)8-3;3*1-2/h10-14H,6-9H2,1-5H3;2*1-2H3;1-2H2. The van der Waals surface area contributed by atoms with Crippen molar-refractivity contribution in [3.8, 4) is 0 Å². The molecule has 0 aromatic heterocycles. The zero-order valence-electron chi connectivity index (χ0n) is 16.1.